The molecule has 1 aromatic heterocycles. The van der Waals surface area contributed by atoms with Gasteiger partial charge in [0.1, 0.15) is 5.69 Å². The van der Waals surface area contributed by atoms with Gasteiger partial charge in [0.15, 0.2) is 0 Å². The maximum absolute atomic E-state index is 5.91. The van der Waals surface area contributed by atoms with E-state index < -0.39 is 8.80 Å². The topological polar surface area (TPSA) is 40.6 Å². The van der Waals surface area contributed by atoms with Crippen molar-refractivity contribution >= 4 is 14.5 Å². The van der Waals surface area contributed by atoms with Crippen LogP contribution in [0.4, 0.5) is 5.69 Å². The van der Waals surface area contributed by atoms with Crippen molar-refractivity contribution in [3.63, 3.8) is 0 Å². The average Bonchev–Trinajstić information content (AvgIpc) is 2.49. The molecule has 0 saturated heterocycles. The van der Waals surface area contributed by atoms with Crippen molar-refractivity contribution in [2.24, 2.45) is 0 Å². The predicted octanol–water partition coefficient (Wildman–Crippen LogP) is 0.0910. The van der Waals surface area contributed by atoms with Gasteiger partial charge in [-0.1, -0.05) is 0 Å². The Labute approximate surface area is 159 Å². The molecule has 134 valence electrons. The van der Waals surface area contributed by atoms with Crippen LogP contribution in [0.25, 0.3) is 0 Å². The van der Waals surface area contributed by atoms with Gasteiger partial charge in [0.25, 0.3) is 0 Å². The van der Waals surface area contributed by atoms with Crippen LogP contribution < -0.4 is 28.5 Å². The third-order valence-electron chi connectivity index (χ3n) is 3.65. The van der Waals surface area contributed by atoms with Gasteiger partial charge in [0.05, 0.1) is 20.6 Å². The standard InChI is InChI=1S/C16H31N2O3Si.HI/c1-6-19-22(20-7-2,21-8-3)15-9-14-18(4,5)16-10-12-17-13-11-16;/h10-13H,6-9,14-15H2,1-5H3;1H/q+1;/p-1. The fourth-order valence-electron chi connectivity index (χ4n) is 2.57. The van der Waals surface area contributed by atoms with Crippen molar-refractivity contribution in [2.45, 2.75) is 33.2 Å². The van der Waals surface area contributed by atoms with Gasteiger partial charge in [-0.3, -0.25) is 9.47 Å². The summed E-state index contributed by atoms with van der Waals surface area (Å²) in [6.45, 7) is 8.90. The van der Waals surface area contributed by atoms with Gasteiger partial charge < -0.3 is 37.3 Å². The molecule has 23 heavy (non-hydrogen) atoms. The van der Waals surface area contributed by atoms with Crippen molar-refractivity contribution in [3.05, 3.63) is 24.5 Å². The first-order valence-corrected chi connectivity index (χ1v) is 10.1. The third-order valence-corrected chi connectivity index (χ3v) is 6.81. The number of nitrogens with zero attached hydrogens (tertiary/aromatic N) is 2. The van der Waals surface area contributed by atoms with Crippen LogP contribution in [0, 0.1) is 0 Å². The molecule has 7 heteroatoms. The summed E-state index contributed by atoms with van der Waals surface area (Å²) < 4.78 is 18.5. The molecule has 0 atom stereocenters. The van der Waals surface area contributed by atoms with Crippen molar-refractivity contribution in [2.75, 3.05) is 40.5 Å². The van der Waals surface area contributed by atoms with Crippen LogP contribution in [0.15, 0.2) is 24.5 Å². The lowest BCUT2D eigenvalue weighted by Gasteiger charge is -2.32. The molecule has 0 aliphatic carbocycles. The highest BCUT2D eigenvalue weighted by molar-refractivity contribution is 6.60. The Kier molecular flexibility index (Phi) is 11.5. The zero-order valence-electron chi connectivity index (χ0n) is 15.0. The lowest BCUT2D eigenvalue weighted by atomic mass is 10.3. The summed E-state index contributed by atoms with van der Waals surface area (Å²) >= 11 is 0. The predicted molar refractivity (Wildman–Crippen MR) is 92.8 cm³/mol. The average molecular weight is 454 g/mol. The summed E-state index contributed by atoms with van der Waals surface area (Å²) in [6.07, 6.45) is 4.69. The Morgan fingerprint density at radius 1 is 0.957 bits per heavy atom. The van der Waals surface area contributed by atoms with Crippen molar-refractivity contribution < 1.29 is 37.3 Å². The summed E-state index contributed by atoms with van der Waals surface area (Å²) in [5.74, 6) is 0. The van der Waals surface area contributed by atoms with Gasteiger partial charge in [-0.2, -0.15) is 0 Å². The fourth-order valence-corrected chi connectivity index (χ4v) is 5.16. The highest BCUT2D eigenvalue weighted by Gasteiger charge is 2.40. The molecule has 0 bridgehead atoms. The maximum atomic E-state index is 5.91. The second-order valence-electron chi connectivity index (χ2n) is 5.70. The van der Waals surface area contributed by atoms with Crippen LogP contribution >= 0.6 is 0 Å². The summed E-state index contributed by atoms with van der Waals surface area (Å²) in [6, 6.07) is 4.99. The normalized spacial score (nSPS) is 12.0. The number of hydrogen-bond donors (Lipinski definition) is 0. The van der Waals surface area contributed by atoms with Crippen LogP contribution in [-0.2, 0) is 13.3 Å². The lowest BCUT2D eigenvalue weighted by molar-refractivity contribution is -0.0000165. The molecule has 0 aliphatic rings. The second kappa shape index (κ2) is 11.5. The van der Waals surface area contributed by atoms with Crippen molar-refractivity contribution in [3.8, 4) is 0 Å². The minimum absolute atomic E-state index is 0. The first-order valence-electron chi connectivity index (χ1n) is 8.15. The van der Waals surface area contributed by atoms with E-state index >= 15 is 0 Å². The van der Waals surface area contributed by atoms with E-state index in [2.05, 4.69) is 31.2 Å². The highest BCUT2D eigenvalue weighted by Crippen LogP contribution is 2.22. The summed E-state index contributed by atoms with van der Waals surface area (Å²) in [7, 11) is 1.90. The molecule has 1 rings (SSSR count). The molecule has 0 fully saturated rings. The van der Waals surface area contributed by atoms with E-state index in [0.29, 0.717) is 19.8 Å². The van der Waals surface area contributed by atoms with Crippen LogP contribution in [-0.4, -0.2) is 54.2 Å². The number of aromatic nitrogens is 1. The van der Waals surface area contributed by atoms with Crippen molar-refractivity contribution in [1.29, 1.82) is 0 Å². The molecule has 1 aromatic rings. The highest BCUT2D eigenvalue weighted by atomic mass is 127. The smallest absolute Gasteiger partial charge is 0.501 e. The van der Waals surface area contributed by atoms with Gasteiger partial charge in [-0.25, -0.2) is 0 Å². The van der Waals surface area contributed by atoms with Crippen LogP contribution in [0.5, 0.6) is 0 Å². The molecule has 0 spiro atoms. The SMILES string of the molecule is CCO[Si](CCC[N+](C)(C)c1ccncc1)(OCC)OCC.[I-]. The minimum atomic E-state index is -2.52. The molecule has 0 unspecified atom stereocenters. The van der Waals surface area contributed by atoms with Crippen LogP contribution in [0.3, 0.4) is 0 Å². The molecule has 0 aliphatic heterocycles. The van der Waals surface area contributed by atoms with E-state index in [1.165, 1.54) is 5.69 Å². The number of quaternary nitrogens is 1. The maximum Gasteiger partial charge on any atom is 0.501 e. The molecular weight excluding hydrogens is 423 g/mol. The van der Waals surface area contributed by atoms with E-state index in [9.17, 15) is 0 Å². The summed E-state index contributed by atoms with van der Waals surface area (Å²) in [4.78, 5) is 4.09. The molecule has 0 radical (unpaired) electrons. The van der Waals surface area contributed by atoms with Gasteiger partial charge in [-0.05, 0) is 20.8 Å². The fraction of sp³-hybridized carbons (Fsp3) is 0.688. The lowest BCUT2D eigenvalue weighted by Crippen LogP contribution is -3.00. The number of halogens is 1. The molecule has 0 aromatic carbocycles. The molecular formula is C16H31IN2O3Si. The Balaban J connectivity index is 0.00000484. The van der Waals surface area contributed by atoms with E-state index in [0.717, 1.165) is 23.5 Å². The number of hydrogen-bond acceptors (Lipinski definition) is 4. The van der Waals surface area contributed by atoms with E-state index in [1.807, 2.05) is 33.2 Å². The van der Waals surface area contributed by atoms with Gasteiger partial charge >= 0.3 is 8.80 Å². The zero-order chi connectivity index (χ0) is 16.5. The molecule has 1 heterocycles. The van der Waals surface area contributed by atoms with Crippen LogP contribution in [0.1, 0.15) is 27.2 Å². The zero-order valence-corrected chi connectivity index (χ0v) is 18.2. The Hall–Kier alpha value is -0.0631. The monoisotopic (exact) mass is 454 g/mol. The molecule has 0 amide bonds. The largest absolute Gasteiger partial charge is 1.00 e. The van der Waals surface area contributed by atoms with Gasteiger partial charge in [-0.15, -0.1) is 0 Å². The quantitative estimate of drug-likeness (QED) is 0.270. The third kappa shape index (κ3) is 7.57. The Morgan fingerprint density at radius 2 is 1.43 bits per heavy atom. The van der Waals surface area contributed by atoms with Crippen LogP contribution in [0.2, 0.25) is 6.04 Å². The molecule has 0 N–H and O–H groups in total. The number of rotatable bonds is 11. The van der Waals surface area contributed by atoms with E-state index in [1.54, 1.807) is 0 Å². The van der Waals surface area contributed by atoms with Gasteiger partial charge in [0.2, 0.25) is 0 Å². The Morgan fingerprint density at radius 3 is 1.87 bits per heavy atom. The minimum Gasteiger partial charge on any atom is -1.00 e. The first-order chi connectivity index (χ1) is 10.5. The van der Waals surface area contributed by atoms with E-state index in [4.69, 9.17) is 13.3 Å². The van der Waals surface area contributed by atoms with E-state index in [-0.39, 0.29) is 24.0 Å². The first kappa shape index (κ1) is 22.9. The molecule has 5 nitrogen and oxygen atoms in total. The summed E-state index contributed by atoms with van der Waals surface area (Å²) in [5.41, 5.74) is 1.26. The second-order valence-corrected chi connectivity index (χ2v) is 8.43. The Bertz CT molecular complexity index is 404. The van der Waals surface area contributed by atoms with Gasteiger partial charge in [0, 0.05) is 56.8 Å². The summed E-state index contributed by atoms with van der Waals surface area (Å²) in [5, 5.41) is 0. The van der Waals surface area contributed by atoms with Crippen molar-refractivity contribution in [1.82, 2.24) is 9.47 Å². The number of pyridine rings is 1. The molecule has 0 saturated carbocycles.